The van der Waals surface area contributed by atoms with Crippen molar-refractivity contribution in [2.75, 3.05) is 10.8 Å². The standard InChI is InChI=1S/C8H18S2/c1-4-5-6-9-7-10-8(2)3/h8H,4-7H2,1-3H3. The summed E-state index contributed by atoms with van der Waals surface area (Å²) in [7, 11) is 0. The van der Waals surface area contributed by atoms with Gasteiger partial charge >= 0.3 is 0 Å². The average molecular weight is 178 g/mol. The van der Waals surface area contributed by atoms with Gasteiger partial charge in [-0.2, -0.15) is 11.8 Å². The predicted molar refractivity (Wildman–Crippen MR) is 55.0 cm³/mol. The van der Waals surface area contributed by atoms with E-state index in [0.29, 0.717) is 0 Å². The van der Waals surface area contributed by atoms with E-state index in [1.54, 1.807) is 0 Å². The molecule has 0 saturated heterocycles. The van der Waals surface area contributed by atoms with Gasteiger partial charge in [0.05, 0.1) is 0 Å². The van der Waals surface area contributed by atoms with E-state index in [1.165, 1.54) is 23.7 Å². The molecule has 0 amide bonds. The smallest absolute Gasteiger partial charge is 0.0394 e. The summed E-state index contributed by atoms with van der Waals surface area (Å²) in [5.74, 6) is 1.34. The maximum atomic E-state index is 2.26. The van der Waals surface area contributed by atoms with Crippen molar-refractivity contribution in [3.8, 4) is 0 Å². The van der Waals surface area contributed by atoms with Crippen LogP contribution in [0.4, 0.5) is 0 Å². The van der Waals surface area contributed by atoms with Gasteiger partial charge in [-0.3, -0.25) is 0 Å². The summed E-state index contributed by atoms with van der Waals surface area (Å²) in [5, 5.41) is 2.08. The molecule has 0 aromatic carbocycles. The highest BCUT2D eigenvalue weighted by Crippen LogP contribution is 2.17. The quantitative estimate of drug-likeness (QED) is 0.450. The minimum absolute atomic E-state index is 0.800. The van der Waals surface area contributed by atoms with Gasteiger partial charge in [0.25, 0.3) is 0 Å². The monoisotopic (exact) mass is 178 g/mol. The van der Waals surface area contributed by atoms with Crippen molar-refractivity contribution in [1.82, 2.24) is 0 Å². The Morgan fingerprint density at radius 3 is 2.50 bits per heavy atom. The fourth-order valence-corrected chi connectivity index (χ4v) is 2.93. The molecule has 0 radical (unpaired) electrons. The van der Waals surface area contributed by atoms with Gasteiger partial charge in [-0.05, 0) is 17.4 Å². The first-order valence-electron chi connectivity index (χ1n) is 3.96. The summed E-state index contributed by atoms with van der Waals surface area (Å²) in [6.07, 6.45) is 2.71. The highest BCUT2D eigenvalue weighted by Gasteiger charge is 1.92. The summed E-state index contributed by atoms with van der Waals surface area (Å²) in [5.41, 5.74) is 0. The van der Waals surface area contributed by atoms with Gasteiger partial charge in [-0.25, -0.2) is 0 Å². The Morgan fingerprint density at radius 1 is 1.30 bits per heavy atom. The molecule has 0 aliphatic heterocycles. The number of thioether (sulfide) groups is 2. The van der Waals surface area contributed by atoms with Crippen LogP contribution in [0.3, 0.4) is 0 Å². The van der Waals surface area contributed by atoms with Crippen molar-refractivity contribution < 1.29 is 0 Å². The van der Waals surface area contributed by atoms with Gasteiger partial charge in [0.2, 0.25) is 0 Å². The molecule has 0 fully saturated rings. The van der Waals surface area contributed by atoms with Crippen molar-refractivity contribution in [3.63, 3.8) is 0 Å². The fraction of sp³-hybridized carbons (Fsp3) is 1.00. The van der Waals surface area contributed by atoms with Crippen LogP contribution in [0, 0.1) is 0 Å². The second-order valence-electron chi connectivity index (χ2n) is 2.60. The molecule has 0 aliphatic rings. The molecule has 0 unspecified atom stereocenters. The molecule has 0 saturated carbocycles. The Hall–Kier alpha value is 0.700. The molecule has 0 bridgehead atoms. The Kier molecular flexibility index (Phi) is 8.35. The Labute approximate surface area is 73.5 Å². The van der Waals surface area contributed by atoms with Crippen molar-refractivity contribution in [2.45, 2.75) is 38.9 Å². The van der Waals surface area contributed by atoms with Crippen LogP contribution in [0.25, 0.3) is 0 Å². The van der Waals surface area contributed by atoms with E-state index in [-0.39, 0.29) is 0 Å². The molecule has 0 atom stereocenters. The zero-order valence-electron chi connectivity index (χ0n) is 7.22. The minimum Gasteiger partial charge on any atom is -0.151 e. The Bertz CT molecular complexity index is 62.3. The lowest BCUT2D eigenvalue weighted by atomic mass is 10.4. The maximum Gasteiger partial charge on any atom is 0.0394 e. The first-order valence-corrected chi connectivity index (χ1v) is 6.17. The number of rotatable bonds is 6. The summed E-state index contributed by atoms with van der Waals surface area (Å²) < 4.78 is 0. The Morgan fingerprint density at radius 2 is 2.00 bits per heavy atom. The van der Waals surface area contributed by atoms with Crippen molar-refractivity contribution >= 4 is 23.5 Å². The number of unbranched alkanes of at least 4 members (excludes halogenated alkanes) is 1. The third-order valence-electron chi connectivity index (χ3n) is 1.13. The summed E-state index contributed by atoms with van der Waals surface area (Å²) in [6, 6.07) is 0. The second kappa shape index (κ2) is 7.80. The SMILES string of the molecule is CCCCSCSC(C)C. The van der Waals surface area contributed by atoms with E-state index in [2.05, 4.69) is 32.5 Å². The minimum atomic E-state index is 0.800. The lowest BCUT2D eigenvalue weighted by Crippen LogP contribution is -1.87. The Balaban J connectivity index is 2.77. The van der Waals surface area contributed by atoms with Crippen LogP contribution >= 0.6 is 23.5 Å². The summed E-state index contributed by atoms with van der Waals surface area (Å²) >= 11 is 4.11. The molecule has 62 valence electrons. The molecule has 0 N–H and O–H groups in total. The van der Waals surface area contributed by atoms with Crippen LogP contribution in [-0.2, 0) is 0 Å². The van der Waals surface area contributed by atoms with Gasteiger partial charge in [0.15, 0.2) is 0 Å². The van der Waals surface area contributed by atoms with E-state index in [4.69, 9.17) is 0 Å². The lowest BCUT2D eigenvalue weighted by molar-refractivity contribution is 0.897. The van der Waals surface area contributed by atoms with Crippen molar-refractivity contribution in [2.24, 2.45) is 0 Å². The highest BCUT2D eigenvalue weighted by molar-refractivity contribution is 8.16. The van der Waals surface area contributed by atoms with E-state index in [9.17, 15) is 0 Å². The van der Waals surface area contributed by atoms with Crippen LogP contribution in [0.1, 0.15) is 33.6 Å². The molecule has 0 nitrogen and oxygen atoms in total. The molecule has 10 heavy (non-hydrogen) atoms. The molecule has 0 rings (SSSR count). The number of hydrogen-bond donors (Lipinski definition) is 0. The third-order valence-corrected chi connectivity index (χ3v) is 3.58. The van der Waals surface area contributed by atoms with Gasteiger partial charge in [0.1, 0.15) is 0 Å². The average Bonchev–Trinajstić information content (AvgIpc) is 1.87. The second-order valence-corrected chi connectivity index (χ2v) is 5.63. The van der Waals surface area contributed by atoms with Crippen LogP contribution in [0.15, 0.2) is 0 Å². The summed E-state index contributed by atoms with van der Waals surface area (Å²) in [4.78, 5) is 0. The van der Waals surface area contributed by atoms with Gasteiger partial charge in [0, 0.05) is 5.08 Å². The van der Waals surface area contributed by atoms with E-state index < -0.39 is 0 Å². The largest absolute Gasteiger partial charge is 0.151 e. The molecular formula is C8H18S2. The first-order chi connectivity index (χ1) is 4.77. The van der Waals surface area contributed by atoms with E-state index in [0.717, 1.165) is 5.25 Å². The topological polar surface area (TPSA) is 0 Å². The predicted octanol–water partition coefficient (Wildman–Crippen LogP) is 3.62. The molecule has 0 aliphatic carbocycles. The first kappa shape index (κ1) is 10.7. The number of hydrogen-bond acceptors (Lipinski definition) is 2. The van der Waals surface area contributed by atoms with E-state index in [1.807, 2.05) is 11.8 Å². The van der Waals surface area contributed by atoms with Crippen molar-refractivity contribution in [3.05, 3.63) is 0 Å². The molecule has 2 heteroatoms. The maximum absolute atomic E-state index is 2.26. The van der Waals surface area contributed by atoms with E-state index >= 15 is 0 Å². The van der Waals surface area contributed by atoms with Crippen LogP contribution in [0.5, 0.6) is 0 Å². The van der Waals surface area contributed by atoms with Crippen LogP contribution in [-0.4, -0.2) is 16.1 Å². The van der Waals surface area contributed by atoms with Gasteiger partial charge in [-0.1, -0.05) is 27.2 Å². The summed E-state index contributed by atoms with van der Waals surface area (Å²) in [6.45, 7) is 6.76. The van der Waals surface area contributed by atoms with Crippen LogP contribution in [0.2, 0.25) is 0 Å². The molecule has 0 aromatic heterocycles. The zero-order chi connectivity index (χ0) is 7.82. The van der Waals surface area contributed by atoms with Gasteiger partial charge in [-0.15, -0.1) is 11.8 Å². The highest BCUT2D eigenvalue weighted by atomic mass is 32.2. The zero-order valence-corrected chi connectivity index (χ0v) is 8.86. The molecular weight excluding hydrogens is 160 g/mol. The molecule has 0 heterocycles. The van der Waals surface area contributed by atoms with Crippen molar-refractivity contribution in [1.29, 1.82) is 0 Å². The normalized spacial score (nSPS) is 10.8. The lowest BCUT2D eigenvalue weighted by Gasteiger charge is -2.02. The third kappa shape index (κ3) is 8.70. The fourth-order valence-electron chi connectivity index (χ4n) is 0.490. The van der Waals surface area contributed by atoms with Crippen LogP contribution < -0.4 is 0 Å². The molecule has 0 spiro atoms. The molecule has 0 aromatic rings. The van der Waals surface area contributed by atoms with Gasteiger partial charge < -0.3 is 0 Å².